The fraction of sp³-hybridized carbons (Fsp3) is 0.238. The van der Waals surface area contributed by atoms with Crippen LogP contribution in [0.15, 0.2) is 48.5 Å². The molecule has 2 aromatic rings. The third-order valence-corrected chi connectivity index (χ3v) is 5.59. The van der Waals surface area contributed by atoms with E-state index < -0.39 is 28.3 Å². The van der Waals surface area contributed by atoms with Gasteiger partial charge in [-0.2, -0.15) is 0 Å². The molecule has 1 unspecified atom stereocenters. The molecule has 0 aromatic heterocycles. The Bertz CT molecular complexity index is 1010. The van der Waals surface area contributed by atoms with Gasteiger partial charge in [0.25, 0.3) is 5.24 Å². The van der Waals surface area contributed by atoms with Crippen molar-refractivity contribution in [2.45, 2.75) is 18.6 Å². The van der Waals surface area contributed by atoms with Crippen LogP contribution in [-0.2, 0) is 9.59 Å². The average molecular weight is 428 g/mol. The number of para-hydroxylation sites is 3. The van der Waals surface area contributed by atoms with Gasteiger partial charge in [0.15, 0.2) is 0 Å². The molecule has 2 aromatic carbocycles. The quantitative estimate of drug-likeness (QED) is 0.721. The Kier molecular flexibility index (Phi) is 6.41. The molecule has 1 N–H and O–H groups in total. The number of hydrogen-bond donors (Lipinski definition) is 1. The van der Waals surface area contributed by atoms with Crippen molar-refractivity contribution in [3.05, 3.63) is 54.1 Å². The molecule has 1 aliphatic heterocycles. The van der Waals surface area contributed by atoms with E-state index in [2.05, 4.69) is 0 Å². The van der Waals surface area contributed by atoms with Crippen LogP contribution < -0.4 is 14.5 Å². The van der Waals surface area contributed by atoms with E-state index in [4.69, 9.17) is 4.74 Å². The number of anilines is 2. The average Bonchev–Trinajstić information content (AvgIpc) is 3.01. The summed E-state index contributed by atoms with van der Waals surface area (Å²) in [5.41, 5.74) is 0.527. The maximum Gasteiger partial charge on any atom is 0.337 e. The molecular formula is C21H20N2O6S. The number of rotatable bonds is 7. The Labute approximate surface area is 177 Å². The van der Waals surface area contributed by atoms with Crippen LogP contribution in [0.3, 0.4) is 0 Å². The highest BCUT2D eigenvalue weighted by Crippen LogP contribution is 2.38. The lowest BCUT2D eigenvalue weighted by molar-refractivity contribution is -0.122. The number of thioether (sulfide) groups is 1. The van der Waals surface area contributed by atoms with Crippen LogP contribution in [0.1, 0.15) is 23.7 Å². The zero-order valence-corrected chi connectivity index (χ0v) is 17.2. The number of amides is 3. The zero-order chi connectivity index (χ0) is 21.8. The van der Waals surface area contributed by atoms with Crippen molar-refractivity contribution < 1.29 is 29.0 Å². The van der Waals surface area contributed by atoms with Gasteiger partial charge >= 0.3 is 5.97 Å². The molecule has 3 rings (SSSR count). The Hall–Kier alpha value is -3.33. The first-order valence-electron chi connectivity index (χ1n) is 9.20. The van der Waals surface area contributed by atoms with Crippen molar-refractivity contribution in [2.75, 3.05) is 23.5 Å². The number of carboxylic acids is 1. The lowest BCUT2D eigenvalue weighted by Gasteiger charge is -2.21. The summed E-state index contributed by atoms with van der Waals surface area (Å²) in [5.74, 6) is -1.74. The first-order chi connectivity index (χ1) is 14.3. The highest BCUT2D eigenvalue weighted by molar-refractivity contribution is 8.15. The number of benzene rings is 2. The minimum atomic E-state index is -1.16. The fourth-order valence-corrected chi connectivity index (χ4v) is 4.07. The summed E-state index contributed by atoms with van der Waals surface area (Å²) in [6, 6.07) is 12.8. The van der Waals surface area contributed by atoms with Crippen molar-refractivity contribution in [3.8, 4) is 5.75 Å². The molecule has 0 radical (unpaired) electrons. The predicted octanol–water partition coefficient (Wildman–Crippen LogP) is 3.41. The summed E-state index contributed by atoms with van der Waals surface area (Å²) >= 11 is 0.773. The van der Waals surface area contributed by atoms with E-state index in [1.807, 2.05) is 0 Å². The molecule has 8 nitrogen and oxygen atoms in total. The number of carbonyl (C=O) groups is 4. The van der Waals surface area contributed by atoms with Crippen molar-refractivity contribution in [1.29, 1.82) is 0 Å². The predicted molar refractivity (Wildman–Crippen MR) is 113 cm³/mol. The number of aromatic carboxylic acids is 1. The van der Waals surface area contributed by atoms with Crippen LogP contribution in [0, 0.1) is 0 Å². The SMILES string of the molecule is CCOc1ccccc1N1C(=O)SC(CC(=O)N(C)c2ccccc2C(=O)O)C1=O. The molecule has 1 saturated heterocycles. The second-order valence-electron chi connectivity index (χ2n) is 6.43. The third-order valence-electron chi connectivity index (χ3n) is 4.56. The van der Waals surface area contributed by atoms with Gasteiger partial charge in [-0.25, -0.2) is 9.69 Å². The van der Waals surface area contributed by atoms with Gasteiger partial charge in [-0.1, -0.05) is 24.3 Å². The van der Waals surface area contributed by atoms with E-state index in [-0.39, 0.29) is 17.7 Å². The van der Waals surface area contributed by atoms with Crippen LogP contribution in [0.2, 0.25) is 0 Å². The molecule has 1 heterocycles. The first kappa shape index (κ1) is 21.4. The topological polar surface area (TPSA) is 104 Å². The third kappa shape index (κ3) is 4.16. The summed E-state index contributed by atoms with van der Waals surface area (Å²) in [5, 5.41) is 7.94. The van der Waals surface area contributed by atoms with Crippen LogP contribution in [0.25, 0.3) is 0 Å². The van der Waals surface area contributed by atoms with Gasteiger partial charge in [0.2, 0.25) is 11.8 Å². The molecule has 0 spiro atoms. The first-order valence-corrected chi connectivity index (χ1v) is 10.1. The van der Waals surface area contributed by atoms with E-state index in [0.29, 0.717) is 18.0 Å². The Balaban J connectivity index is 1.79. The molecule has 156 valence electrons. The minimum Gasteiger partial charge on any atom is -0.492 e. The molecule has 1 atom stereocenters. The van der Waals surface area contributed by atoms with Crippen molar-refractivity contribution in [1.82, 2.24) is 0 Å². The standard InChI is InChI=1S/C21H20N2O6S/c1-3-29-16-11-7-6-10-15(16)23-19(25)17(30-21(23)28)12-18(24)22(2)14-9-5-4-8-13(14)20(26)27/h4-11,17H,3,12H2,1-2H3,(H,26,27). The smallest absolute Gasteiger partial charge is 0.337 e. The van der Waals surface area contributed by atoms with Crippen LogP contribution >= 0.6 is 11.8 Å². The number of imide groups is 1. The maximum atomic E-state index is 12.9. The number of ether oxygens (including phenoxy) is 1. The van der Waals surface area contributed by atoms with E-state index in [1.54, 1.807) is 43.3 Å². The van der Waals surface area contributed by atoms with Crippen LogP contribution in [0.4, 0.5) is 16.2 Å². The highest BCUT2D eigenvalue weighted by Gasteiger charge is 2.43. The van der Waals surface area contributed by atoms with Crippen LogP contribution in [0.5, 0.6) is 5.75 Å². The molecule has 0 aliphatic carbocycles. The lowest BCUT2D eigenvalue weighted by atomic mass is 10.1. The molecule has 9 heteroatoms. The van der Waals surface area contributed by atoms with E-state index in [9.17, 15) is 24.3 Å². The molecule has 0 saturated carbocycles. The fourth-order valence-electron chi connectivity index (χ4n) is 3.10. The van der Waals surface area contributed by atoms with E-state index >= 15 is 0 Å². The summed E-state index contributed by atoms with van der Waals surface area (Å²) in [4.78, 5) is 51.8. The largest absolute Gasteiger partial charge is 0.492 e. The molecule has 30 heavy (non-hydrogen) atoms. The number of nitrogens with zero attached hydrogens (tertiary/aromatic N) is 2. The van der Waals surface area contributed by atoms with Gasteiger partial charge in [0.1, 0.15) is 11.0 Å². The molecule has 1 fully saturated rings. The number of carbonyl (C=O) groups excluding carboxylic acids is 3. The van der Waals surface area contributed by atoms with Crippen molar-refractivity contribution in [2.24, 2.45) is 0 Å². The Morgan fingerprint density at radius 2 is 1.80 bits per heavy atom. The summed E-state index contributed by atoms with van der Waals surface area (Å²) in [7, 11) is 1.44. The Morgan fingerprint density at radius 3 is 2.50 bits per heavy atom. The molecular weight excluding hydrogens is 408 g/mol. The monoisotopic (exact) mass is 428 g/mol. The normalized spacial score (nSPS) is 15.9. The van der Waals surface area contributed by atoms with Gasteiger partial charge in [-0.05, 0) is 43.0 Å². The number of hydrogen-bond acceptors (Lipinski definition) is 6. The van der Waals surface area contributed by atoms with Gasteiger partial charge in [-0.3, -0.25) is 14.4 Å². The second-order valence-corrected chi connectivity index (χ2v) is 7.58. The second kappa shape index (κ2) is 9.00. The zero-order valence-electron chi connectivity index (χ0n) is 16.4. The molecule has 0 bridgehead atoms. The lowest BCUT2D eigenvalue weighted by Crippen LogP contribution is -2.35. The van der Waals surface area contributed by atoms with Gasteiger partial charge in [0, 0.05) is 13.5 Å². The summed E-state index contributed by atoms with van der Waals surface area (Å²) < 4.78 is 5.51. The summed E-state index contributed by atoms with van der Waals surface area (Å²) in [6.45, 7) is 2.17. The van der Waals surface area contributed by atoms with Gasteiger partial charge in [0.05, 0.1) is 23.5 Å². The van der Waals surface area contributed by atoms with Crippen molar-refractivity contribution in [3.63, 3.8) is 0 Å². The van der Waals surface area contributed by atoms with Gasteiger partial charge in [-0.15, -0.1) is 0 Å². The van der Waals surface area contributed by atoms with E-state index in [1.165, 1.54) is 24.1 Å². The maximum absolute atomic E-state index is 12.9. The summed E-state index contributed by atoms with van der Waals surface area (Å²) in [6.07, 6.45) is -0.243. The number of carboxylic acid groups (broad SMARTS) is 1. The minimum absolute atomic E-state index is 0.0258. The Morgan fingerprint density at radius 1 is 1.13 bits per heavy atom. The molecule has 1 aliphatic rings. The van der Waals surface area contributed by atoms with Gasteiger partial charge < -0.3 is 14.7 Å². The molecule has 3 amide bonds. The van der Waals surface area contributed by atoms with Crippen molar-refractivity contribution >= 4 is 46.2 Å². The van der Waals surface area contributed by atoms with E-state index in [0.717, 1.165) is 16.7 Å². The van der Waals surface area contributed by atoms with Crippen LogP contribution in [-0.4, -0.2) is 47.0 Å². The highest BCUT2D eigenvalue weighted by atomic mass is 32.2.